The Balaban J connectivity index is 0.00000140. The number of rotatable bonds is 8. The SMILES string of the molecule is Cc1cc(N(C(=O)CC(=O)C2CC2)C([C-]=O)c2ccc(Cl)cc2)cn2c(C(F)F)nnc12.[CH2-]C.[U+2]. The maximum absolute atomic E-state index is 13.4. The summed E-state index contributed by atoms with van der Waals surface area (Å²) in [6, 6.07) is 6.57. The van der Waals surface area contributed by atoms with Crippen molar-refractivity contribution in [3.63, 3.8) is 0 Å². The maximum Gasteiger partial charge on any atom is 2.00 e. The fraction of sp³-hybridized carbons (Fsp3) is 0.333. The summed E-state index contributed by atoms with van der Waals surface area (Å²) in [5, 5.41) is 7.74. The van der Waals surface area contributed by atoms with Gasteiger partial charge in [0.1, 0.15) is 5.78 Å². The van der Waals surface area contributed by atoms with Gasteiger partial charge in [-0.2, -0.15) is 6.92 Å². The zero-order chi connectivity index (χ0) is 25.0. The Hall–Kier alpha value is -2.15. The molecule has 1 amide bonds. The van der Waals surface area contributed by atoms with Crippen LogP contribution in [0.5, 0.6) is 0 Å². The van der Waals surface area contributed by atoms with E-state index in [1.807, 2.05) is 6.29 Å². The van der Waals surface area contributed by atoms with Gasteiger partial charge in [-0.1, -0.05) is 29.3 Å². The van der Waals surface area contributed by atoms with E-state index in [1.54, 1.807) is 44.2 Å². The molecular formula is C24H23ClF2N4O3U. The molecule has 0 radical (unpaired) electrons. The van der Waals surface area contributed by atoms with Crippen LogP contribution in [0.3, 0.4) is 0 Å². The first-order valence-corrected chi connectivity index (χ1v) is 11.0. The molecule has 35 heavy (non-hydrogen) atoms. The van der Waals surface area contributed by atoms with E-state index in [0.29, 0.717) is 16.1 Å². The van der Waals surface area contributed by atoms with E-state index >= 15 is 0 Å². The molecule has 0 aliphatic heterocycles. The van der Waals surface area contributed by atoms with Crippen molar-refractivity contribution in [2.24, 2.45) is 5.92 Å². The van der Waals surface area contributed by atoms with Gasteiger partial charge in [-0.25, -0.2) is 15.1 Å². The van der Waals surface area contributed by atoms with E-state index in [-0.39, 0.29) is 54.1 Å². The summed E-state index contributed by atoms with van der Waals surface area (Å²) in [7, 11) is 0. The molecule has 1 aliphatic carbocycles. The Morgan fingerprint density at radius 1 is 1.23 bits per heavy atom. The number of carbonyl (C=O) groups excluding carboxylic acids is 3. The summed E-state index contributed by atoms with van der Waals surface area (Å²) in [5.74, 6) is -1.58. The van der Waals surface area contributed by atoms with Crippen molar-refractivity contribution in [2.45, 2.75) is 45.6 Å². The van der Waals surface area contributed by atoms with Crippen LogP contribution in [0, 0.1) is 50.9 Å². The van der Waals surface area contributed by atoms with Crippen LogP contribution in [0.2, 0.25) is 5.02 Å². The number of anilines is 1. The number of aromatic nitrogens is 3. The average molecular weight is 727 g/mol. The Morgan fingerprint density at radius 3 is 2.40 bits per heavy atom. The van der Waals surface area contributed by atoms with Crippen LogP contribution in [0.4, 0.5) is 14.5 Å². The third kappa shape index (κ3) is 6.55. The van der Waals surface area contributed by atoms with Crippen molar-refractivity contribution in [3.05, 3.63) is 65.4 Å². The summed E-state index contributed by atoms with van der Waals surface area (Å²) in [5.41, 5.74) is 1.22. The van der Waals surface area contributed by atoms with Crippen LogP contribution in [0.1, 0.15) is 55.6 Å². The Labute approximate surface area is 230 Å². The van der Waals surface area contributed by atoms with Crippen LogP contribution < -0.4 is 4.90 Å². The summed E-state index contributed by atoms with van der Waals surface area (Å²) < 4.78 is 27.9. The molecule has 1 saturated carbocycles. The molecule has 0 N–H and O–H groups in total. The number of hydrogen-bond acceptors (Lipinski definition) is 5. The third-order valence-corrected chi connectivity index (χ3v) is 5.61. The van der Waals surface area contributed by atoms with Gasteiger partial charge in [-0.3, -0.25) is 14.0 Å². The smallest absolute Gasteiger partial charge is 0.540 e. The normalized spacial score (nSPS) is 13.5. The molecule has 1 aliphatic rings. The largest absolute Gasteiger partial charge is 2.00 e. The van der Waals surface area contributed by atoms with Gasteiger partial charge >= 0.3 is 31.1 Å². The van der Waals surface area contributed by atoms with Crippen LogP contribution in [0.25, 0.3) is 5.65 Å². The number of alkyl halides is 2. The molecule has 0 spiro atoms. The first kappa shape index (κ1) is 29.1. The standard InChI is InChI=1S/C22H18ClF2N4O3.C2H5.U/c1-12-8-16(10-28-21(12)26-27-22(28)20(24)25)29(19(32)9-18(31)14-2-3-14)17(11-30)13-4-6-15(23)7-5-13;1-2;/h4-8,10,14,17,20H,2-3,9H2,1H3;1H2,2H3;/q2*-1;+2. The third-order valence-electron chi connectivity index (χ3n) is 5.36. The minimum Gasteiger partial charge on any atom is -0.540 e. The molecule has 3 aromatic rings. The quantitative estimate of drug-likeness (QED) is 0.241. The number of ketones is 1. The fourth-order valence-electron chi connectivity index (χ4n) is 3.57. The minimum absolute atomic E-state index is 0. The Morgan fingerprint density at radius 2 is 1.86 bits per heavy atom. The monoisotopic (exact) mass is 726 g/mol. The number of Topliss-reactive ketones (excluding diaryl/α,β-unsaturated/α-hetero) is 1. The molecule has 1 unspecified atom stereocenters. The number of amides is 1. The number of nitrogens with zero attached hydrogens (tertiary/aromatic N) is 4. The second-order valence-corrected chi connectivity index (χ2v) is 8.12. The van der Waals surface area contributed by atoms with E-state index in [4.69, 9.17) is 11.6 Å². The summed E-state index contributed by atoms with van der Waals surface area (Å²) in [4.78, 5) is 38.7. The molecular weight excluding hydrogens is 704 g/mol. The van der Waals surface area contributed by atoms with Crippen molar-refractivity contribution < 1.29 is 54.3 Å². The first-order chi connectivity index (χ1) is 16.3. The molecule has 2 heterocycles. The van der Waals surface area contributed by atoms with E-state index in [2.05, 4.69) is 17.1 Å². The number of halogens is 3. The second kappa shape index (κ2) is 12.7. The van der Waals surface area contributed by atoms with Gasteiger partial charge in [0, 0.05) is 17.1 Å². The van der Waals surface area contributed by atoms with Gasteiger partial charge in [-0.05, 0) is 49.6 Å². The molecule has 1 aromatic carbocycles. The fourth-order valence-corrected chi connectivity index (χ4v) is 3.70. The summed E-state index contributed by atoms with van der Waals surface area (Å²) in [6.45, 7) is 6.63. The van der Waals surface area contributed by atoms with Gasteiger partial charge in [0.15, 0.2) is 5.65 Å². The van der Waals surface area contributed by atoms with Crippen molar-refractivity contribution in [3.8, 4) is 0 Å². The van der Waals surface area contributed by atoms with E-state index in [0.717, 1.165) is 22.1 Å². The van der Waals surface area contributed by atoms with Crippen molar-refractivity contribution >= 4 is 40.9 Å². The number of fused-ring (bicyclic) bond motifs is 1. The second-order valence-electron chi connectivity index (χ2n) is 7.69. The first-order valence-electron chi connectivity index (χ1n) is 10.6. The van der Waals surface area contributed by atoms with Crippen molar-refractivity contribution in [1.29, 1.82) is 0 Å². The van der Waals surface area contributed by atoms with Gasteiger partial charge < -0.3 is 16.6 Å². The molecule has 7 nitrogen and oxygen atoms in total. The number of hydrogen-bond donors (Lipinski definition) is 0. The molecule has 11 heteroatoms. The summed E-state index contributed by atoms with van der Waals surface area (Å²) >= 11 is 5.94. The average Bonchev–Trinajstić information content (AvgIpc) is 3.58. The van der Waals surface area contributed by atoms with Gasteiger partial charge in [0.05, 0.1) is 12.1 Å². The van der Waals surface area contributed by atoms with Crippen molar-refractivity contribution in [2.75, 3.05) is 4.90 Å². The van der Waals surface area contributed by atoms with Gasteiger partial charge in [0.2, 0.25) is 11.7 Å². The molecule has 0 saturated heterocycles. The molecule has 1 atom stereocenters. The van der Waals surface area contributed by atoms with E-state index < -0.39 is 30.6 Å². The predicted molar refractivity (Wildman–Crippen MR) is 123 cm³/mol. The molecule has 0 bridgehead atoms. The Kier molecular flexibility index (Phi) is 10.6. The number of carbonyl (C=O) groups is 2. The van der Waals surface area contributed by atoms with Crippen LogP contribution in [-0.4, -0.2) is 32.6 Å². The maximum atomic E-state index is 13.4. The molecule has 2 aromatic heterocycles. The zero-order valence-electron chi connectivity index (χ0n) is 19.2. The molecule has 1 fully saturated rings. The van der Waals surface area contributed by atoms with E-state index in [9.17, 15) is 23.2 Å². The topological polar surface area (TPSA) is 84.6 Å². The molecule has 182 valence electrons. The van der Waals surface area contributed by atoms with Gasteiger partial charge in [-0.15, -0.1) is 10.2 Å². The summed E-state index contributed by atoms with van der Waals surface area (Å²) in [6.07, 6.45) is 1.27. The van der Waals surface area contributed by atoms with Crippen molar-refractivity contribution in [1.82, 2.24) is 14.6 Å². The number of benzene rings is 1. The van der Waals surface area contributed by atoms with Gasteiger partial charge in [0.25, 0.3) is 6.43 Å². The van der Waals surface area contributed by atoms with Crippen LogP contribution >= 0.6 is 11.6 Å². The minimum atomic E-state index is -2.90. The number of aryl methyl sites for hydroxylation is 1. The predicted octanol–water partition coefficient (Wildman–Crippen LogP) is 5.02. The molecule has 4 rings (SSSR count). The zero-order valence-corrected chi connectivity index (χ0v) is 24.1. The Bertz CT molecular complexity index is 1200. The van der Waals surface area contributed by atoms with E-state index in [1.165, 1.54) is 6.20 Å². The number of pyridine rings is 1. The van der Waals surface area contributed by atoms with Crippen LogP contribution in [-0.2, 0) is 14.4 Å². The van der Waals surface area contributed by atoms with Crippen LogP contribution in [0.15, 0.2) is 36.5 Å².